The quantitative estimate of drug-likeness (QED) is 0.0380. The predicted octanol–water partition coefficient (Wildman–Crippen LogP) is 18.9. The molecule has 1 saturated carbocycles. The molecule has 3 unspecified atom stereocenters. The number of benzene rings is 4. The van der Waals surface area contributed by atoms with Crippen LogP contribution in [-0.4, -0.2) is 0 Å². The summed E-state index contributed by atoms with van der Waals surface area (Å²) in [6.45, 7) is 7.16. The summed E-state index contributed by atoms with van der Waals surface area (Å²) in [6.07, 6.45) is 39.4. The van der Waals surface area contributed by atoms with Crippen molar-refractivity contribution >= 4 is 11.4 Å². The fourth-order valence-corrected chi connectivity index (χ4v) is 11.0. The van der Waals surface area contributed by atoms with E-state index in [9.17, 15) is 0 Å². The van der Waals surface area contributed by atoms with E-state index in [1.54, 1.807) is 0 Å². The van der Waals surface area contributed by atoms with Gasteiger partial charge in [0.25, 0.3) is 0 Å². The summed E-state index contributed by atoms with van der Waals surface area (Å²) < 4.78 is 0. The maximum absolute atomic E-state index is 6.19. The third-order valence-electron chi connectivity index (χ3n) is 15.2. The lowest BCUT2D eigenvalue weighted by molar-refractivity contribution is 0.247. The molecule has 1 fully saturated rings. The van der Waals surface area contributed by atoms with Crippen molar-refractivity contribution in [2.75, 3.05) is 11.5 Å². The van der Waals surface area contributed by atoms with Crippen molar-refractivity contribution in [3.05, 3.63) is 130 Å². The number of anilines is 2. The lowest BCUT2D eigenvalue weighted by Crippen LogP contribution is -2.16. The van der Waals surface area contributed by atoms with Gasteiger partial charge in [-0.05, 0) is 95.2 Å². The second-order valence-electron chi connectivity index (χ2n) is 20.2. The highest BCUT2D eigenvalue weighted by molar-refractivity contribution is 5.45. The van der Waals surface area contributed by atoms with Crippen molar-refractivity contribution in [2.45, 2.75) is 225 Å². The Kier molecular flexibility index (Phi) is 23.9. The summed E-state index contributed by atoms with van der Waals surface area (Å²) >= 11 is 0. The predicted molar refractivity (Wildman–Crippen MR) is 278 cm³/mol. The standard InChI is InChI=1S/C61H92N2/c1-4-6-8-10-12-14-16-18-20-25-29-59(55-40-44-57(62)45-41-55)51-32-36-53(37-33-51)61(48-31-49(3)50-27-23-22-24-28-50)54-38-34-52(35-39-54)60(56-42-46-58(63)47-43-56)30-26-21-19-17-15-13-11-9-7-5-2/h32-47,49-50,59-61H,4-31,48,62-63H2,1-3H3. The van der Waals surface area contributed by atoms with E-state index in [0.29, 0.717) is 17.8 Å². The Morgan fingerprint density at radius 3 is 0.937 bits per heavy atom. The summed E-state index contributed by atoms with van der Waals surface area (Å²) in [5.41, 5.74) is 22.7. The number of unbranched alkanes of at least 4 members (excludes halogenated alkanes) is 18. The molecule has 3 atom stereocenters. The molecule has 1 aliphatic rings. The summed E-state index contributed by atoms with van der Waals surface area (Å²) in [5, 5.41) is 0. The normalized spacial score (nSPS) is 15.3. The highest BCUT2D eigenvalue weighted by Gasteiger charge is 2.24. The number of hydrogen-bond acceptors (Lipinski definition) is 2. The van der Waals surface area contributed by atoms with Gasteiger partial charge < -0.3 is 11.5 Å². The third kappa shape index (κ3) is 18.1. The van der Waals surface area contributed by atoms with Gasteiger partial charge in [-0.15, -0.1) is 0 Å². The summed E-state index contributed by atoms with van der Waals surface area (Å²) in [4.78, 5) is 0. The van der Waals surface area contributed by atoms with Crippen LogP contribution in [0.2, 0.25) is 0 Å². The molecule has 0 saturated heterocycles. The van der Waals surface area contributed by atoms with Crippen LogP contribution in [0.1, 0.15) is 258 Å². The molecule has 4 aromatic rings. The van der Waals surface area contributed by atoms with Crippen molar-refractivity contribution in [3.8, 4) is 0 Å². The van der Waals surface area contributed by atoms with Gasteiger partial charge in [-0.1, -0.05) is 254 Å². The fraction of sp³-hybridized carbons (Fsp3) is 0.607. The van der Waals surface area contributed by atoms with Crippen LogP contribution >= 0.6 is 0 Å². The van der Waals surface area contributed by atoms with E-state index in [1.165, 1.54) is 220 Å². The van der Waals surface area contributed by atoms with Crippen LogP contribution in [0.4, 0.5) is 11.4 Å². The number of nitrogens with two attached hydrogens (primary N) is 2. The molecule has 0 aromatic heterocycles. The van der Waals surface area contributed by atoms with Crippen LogP contribution in [-0.2, 0) is 0 Å². The van der Waals surface area contributed by atoms with Crippen molar-refractivity contribution in [1.82, 2.24) is 0 Å². The lowest BCUT2D eigenvalue weighted by atomic mass is 9.76. The first kappa shape index (κ1) is 50.5. The zero-order valence-corrected chi connectivity index (χ0v) is 40.8. The van der Waals surface area contributed by atoms with Crippen LogP contribution in [0.25, 0.3) is 0 Å². The molecule has 0 spiro atoms. The summed E-state index contributed by atoms with van der Waals surface area (Å²) in [6, 6.07) is 37.3. The second kappa shape index (κ2) is 29.8. The average Bonchev–Trinajstić information content (AvgIpc) is 3.32. The van der Waals surface area contributed by atoms with Crippen LogP contribution in [0, 0.1) is 11.8 Å². The minimum absolute atomic E-state index is 0.396. The smallest absolute Gasteiger partial charge is 0.0314 e. The van der Waals surface area contributed by atoms with E-state index < -0.39 is 0 Å². The first-order valence-electron chi connectivity index (χ1n) is 26.9. The van der Waals surface area contributed by atoms with E-state index in [2.05, 4.69) is 118 Å². The van der Waals surface area contributed by atoms with Crippen LogP contribution < -0.4 is 11.5 Å². The molecule has 0 heterocycles. The van der Waals surface area contributed by atoms with E-state index in [1.807, 2.05) is 0 Å². The van der Waals surface area contributed by atoms with Crippen LogP contribution in [0.5, 0.6) is 0 Å². The minimum atomic E-state index is 0.396. The van der Waals surface area contributed by atoms with Crippen molar-refractivity contribution < 1.29 is 0 Å². The average molecular weight is 853 g/mol. The molecular formula is C61H92N2. The van der Waals surface area contributed by atoms with E-state index in [-0.39, 0.29) is 0 Å². The van der Waals surface area contributed by atoms with Crippen LogP contribution in [0.3, 0.4) is 0 Å². The molecule has 346 valence electrons. The van der Waals surface area contributed by atoms with Crippen LogP contribution in [0.15, 0.2) is 97.1 Å². The Morgan fingerprint density at radius 1 is 0.349 bits per heavy atom. The van der Waals surface area contributed by atoms with Gasteiger partial charge in [0.15, 0.2) is 0 Å². The molecule has 0 amide bonds. The van der Waals surface area contributed by atoms with E-state index >= 15 is 0 Å². The van der Waals surface area contributed by atoms with Crippen molar-refractivity contribution in [2.24, 2.45) is 11.8 Å². The molecule has 1 aliphatic carbocycles. The molecular weight excluding hydrogens is 761 g/mol. The SMILES string of the molecule is CCCCCCCCCCCCC(c1ccc(N)cc1)c1ccc(C(CCC(C)C2CCCCC2)c2ccc(C(CCCCCCCCCCCC)c3ccc(N)cc3)cc2)cc1. The zero-order valence-electron chi connectivity index (χ0n) is 40.8. The maximum Gasteiger partial charge on any atom is 0.0314 e. The van der Waals surface area contributed by atoms with Gasteiger partial charge in [-0.25, -0.2) is 0 Å². The molecule has 2 nitrogen and oxygen atoms in total. The molecule has 4 N–H and O–H groups in total. The first-order chi connectivity index (χ1) is 31.0. The largest absolute Gasteiger partial charge is 0.399 e. The van der Waals surface area contributed by atoms with Gasteiger partial charge in [0, 0.05) is 29.1 Å². The Labute approximate surface area is 388 Å². The monoisotopic (exact) mass is 853 g/mol. The molecule has 63 heavy (non-hydrogen) atoms. The number of hydrogen-bond donors (Lipinski definition) is 2. The van der Waals surface area contributed by atoms with Crippen molar-refractivity contribution in [1.29, 1.82) is 0 Å². The third-order valence-corrected chi connectivity index (χ3v) is 15.2. The lowest BCUT2D eigenvalue weighted by Gasteiger charge is -2.29. The molecule has 0 aliphatic heterocycles. The molecule has 0 radical (unpaired) electrons. The van der Waals surface area contributed by atoms with Gasteiger partial charge in [0.1, 0.15) is 0 Å². The van der Waals surface area contributed by atoms with Gasteiger partial charge in [0.2, 0.25) is 0 Å². The highest BCUT2D eigenvalue weighted by atomic mass is 14.5. The zero-order chi connectivity index (χ0) is 44.3. The Bertz CT molecular complexity index is 1600. The molecule has 2 heteroatoms. The minimum Gasteiger partial charge on any atom is -0.399 e. The van der Waals surface area contributed by atoms with Gasteiger partial charge in [-0.2, -0.15) is 0 Å². The molecule has 5 rings (SSSR count). The van der Waals surface area contributed by atoms with Gasteiger partial charge >= 0.3 is 0 Å². The van der Waals surface area contributed by atoms with Gasteiger partial charge in [0.05, 0.1) is 0 Å². The molecule has 4 aromatic carbocycles. The Balaban J connectivity index is 1.29. The number of rotatable bonds is 32. The number of nitrogen functional groups attached to an aromatic ring is 2. The molecule has 0 bridgehead atoms. The fourth-order valence-electron chi connectivity index (χ4n) is 11.0. The summed E-state index contributed by atoms with van der Waals surface area (Å²) in [5.74, 6) is 2.87. The topological polar surface area (TPSA) is 52.0 Å². The maximum atomic E-state index is 6.19. The Hall–Kier alpha value is -3.52. The first-order valence-corrected chi connectivity index (χ1v) is 26.9. The van der Waals surface area contributed by atoms with Crippen molar-refractivity contribution in [3.63, 3.8) is 0 Å². The van der Waals surface area contributed by atoms with Gasteiger partial charge in [-0.3, -0.25) is 0 Å². The highest BCUT2D eigenvalue weighted by Crippen LogP contribution is 2.39. The van der Waals surface area contributed by atoms with E-state index in [0.717, 1.165) is 23.2 Å². The second-order valence-corrected chi connectivity index (χ2v) is 20.2. The summed E-state index contributed by atoms with van der Waals surface area (Å²) in [7, 11) is 0. The Morgan fingerprint density at radius 2 is 0.619 bits per heavy atom. The van der Waals surface area contributed by atoms with E-state index in [4.69, 9.17) is 11.5 Å².